The maximum Gasteiger partial charge on any atom is 0.138 e. The number of phenolic OH excluding ortho intramolecular Hbond substituents is 2. The lowest BCUT2D eigenvalue weighted by molar-refractivity contribution is 0.136. The third-order valence-electron chi connectivity index (χ3n) is 7.17. The van der Waals surface area contributed by atoms with Crippen LogP contribution in [0.5, 0.6) is 11.5 Å². The quantitative estimate of drug-likeness (QED) is 0.412. The van der Waals surface area contributed by atoms with Crippen LogP contribution in [-0.2, 0) is 19.6 Å². The summed E-state index contributed by atoms with van der Waals surface area (Å²) in [7, 11) is 2.15. The Bertz CT molecular complexity index is 992. The molecule has 2 aromatic carbocycles. The van der Waals surface area contributed by atoms with E-state index >= 15 is 0 Å². The molecule has 5 nitrogen and oxygen atoms in total. The van der Waals surface area contributed by atoms with E-state index in [2.05, 4.69) is 37.7 Å². The maximum absolute atomic E-state index is 11.3. The molecule has 1 saturated heterocycles. The standard InChI is InChI=1S/C26H34BrCl2N3O2/c1-30-7-9-31(10-8-30)15-18-11-21(27)12-19(25(18)33)16-32(23-5-3-2-4-6-23)17-20-13-22(28)14-24(29)26(20)34/h11-14,23,33-34H,2-10,15-17H2,1H3. The van der Waals surface area contributed by atoms with Gasteiger partial charge in [-0.05, 0) is 44.2 Å². The molecule has 2 aromatic rings. The Hall–Kier alpha value is -1.02. The van der Waals surface area contributed by atoms with Gasteiger partial charge in [0, 0.05) is 78.0 Å². The van der Waals surface area contributed by atoms with E-state index in [0.29, 0.717) is 29.9 Å². The van der Waals surface area contributed by atoms with Crippen molar-refractivity contribution >= 4 is 39.1 Å². The Kier molecular flexibility index (Phi) is 9.05. The van der Waals surface area contributed by atoms with Crippen LogP contribution in [0.4, 0.5) is 0 Å². The van der Waals surface area contributed by atoms with Gasteiger partial charge >= 0.3 is 0 Å². The first kappa shape index (κ1) is 26.1. The van der Waals surface area contributed by atoms with Crippen molar-refractivity contribution in [3.8, 4) is 11.5 Å². The number of aromatic hydroxyl groups is 2. The van der Waals surface area contributed by atoms with Crippen LogP contribution in [-0.4, -0.2) is 64.2 Å². The molecule has 2 N–H and O–H groups in total. The number of phenols is 2. The summed E-state index contributed by atoms with van der Waals surface area (Å²) in [4.78, 5) is 7.10. The highest BCUT2D eigenvalue weighted by Crippen LogP contribution is 2.36. The number of halogens is 3. The minimum absolute atomic E-state index is 0.0843. The number of hydrogen-bond donors (Lipinski definition) is 2. The Balaban J connectivity index is 1.59. The highest BCUT2D eigenvalue weighted by atomic mass is 79.9. The van der Waals surface area contributed by atoms with Crippen LogP contribution in [0.1, 0.15) is 48.8 Å². The number of hydrogen-bond acceptors (Lipinski definition) is 5. The van der Waals surface area contributed by atoms with E-state index in [1.165, 1.54) is 19.3 Å². The average molecular weight is 571 g/mol. The molecule has 0 amide bonds. The van der Waals surface area contributed by atoms with Crippen molar-refractivity contribution in [3.05, 3.63) is 55.5 Å². The van der Waals surface area contributed by atoms with Crippen LogP contribution >= 0.6 is 39.1 Å². The smallest absolute Gasteiger partial charge is 0.138 e. The summed E-state index contributed by atoms with van der Waals surface area (Å²) < 4.78 is 0.974. The number of nitrogens with zero attached hydrogens (tertiary/aromatic N) is 3. The predicted octanol–water partition coefficient (Wildman–Crippen LogP) is 6.25. The summed E-state index contributed by atoms with van der Waals surface area (Å²) >= 11 is 16.1. The monoisotopic (exact) mass is 569 g/mol. The average Bonchev–Trinajstić information content (AvgIpc) is 2.81. The molecule has 2 aliphatic rings. The number of piperazine rings is 1. The highest BCUT2D eigenvalue weighted by molar-refractivity contribution is 9.10. The van der Waals surface area contributed by atoms with E-state index in [9.17, 15) is 10.2 Å². The molecule has 0 atom stereocenters. The van der Waals surface area contributed by atoms with Gasteiger partial charge in [0.05, 0.1) is 5.02 Å². The van der Waals surface area contributed by atoms with Gasteiger partial charge in [0.25, 0.3) is 0 Å². The second-order valence-corrected chi connectivity index (χ2v) is 11.5. The minimum atomic E-state index is 0.0843. The van der Waals surface area contributed by atoms with E-state index in [1.807, 2.05) is 12.1 Å². The number of likely N-dealkylation sites (N-methyl/N-ethyl adjacent to an activating group) is 1. The van der Waals surface area contributed by atoms with Crippen molar-refractivity contribution in [3.63, 3.8) is 0 Å². The van der Waals surface area contributed by atoms with Gasteiger partial charge in [0.15, 0.2) is 0 Å². The fourth-order valence-corrected chi connectivity index (χ4v) is 6.23. The number of benzene rings is 2. The van der Waals surface area contributed by atoms with E-state index in [-0.39, 0.29) is 10.8 Å². The molecule has 8 heteroatoms. The zero-order valence-electron chi connectivity index (χ0n) is 19.7. The molecule has 34 heavy (non-hydrogen) atoms. The first-order valence-electron chi connectivity index (χ1n) is 12.1. The lowest BCUT2D eigenvalue weighted by atomic mass is 9.93. The van der Waals surface area contributed by atoms with Gasteiger partial charge in [-0.1, -0.05) is 58.4 Å². The van der Waals surface area contributed by atoms with Gasteiger partial charge in [0.1, 0.15) is 11.5 Å². The molecule has 0 bridgehead atoms. The molecule has 186 valence electrons. The lowest BCUT2D eigenvalue weighted by Gasteiger charge is -2.35. The molecule has 0 aromatic heterocycles. The molecule has 1 aliphatic carbocycles. The molecule has 2 fully saturated rings. The van der Waals surface area contributed by atoms with Crippen molar-refractivity contribution < 1.29 is 10.2 Å². The van der Waals surface area contributed by atoms with Crippen molar-refractivity contribution in [2.24, 2.45) is 0 Å². The zero-order chi connectivity index (χ0) is 24.2. The maximum atomic E-state index is 11.3. The Morgan fingerprint density at radius 1 is 0.882 bits per heavy atom. The molecule has 4 rings (SSSR count). The molecule has 1 aliphatic heterocycles. The van der Waals surface area contributed by atoms with Gasteiger partial charge in [-0.3, -0.25) is 9.80 Å². The van der Waals surface area contributed by atoms with Gasteiger partial charge in [0.2, 0.25) is 0 Å². The Morgan fingerprint density at radius 3 is 2.18 bits per heavy atom. The largest absolute Gasteiger partial charge is 0.507 e. The first-order chi connectivity index (χ1) is 16.3. The molecular weight excluding hydrogens is 537 g/mol. The van der Waals surface area contributed by atoms with Gasteiger partial charge < -0.3 is 15.1 Å². The predicted molar refractivity (Wildman–Crippen MR) is 143 cm³/mol. The van der Waals surface area contributed by atoms with Crippen LogP contribution in [0.15, 0.2) is 28.7 Å². The second kappa shape index (κ2) is 11.8. The fraction of sp³-hybridized carbons (Fsp3) is 0.538. The molecule has 1 saturated carbocycles. The van der Waals surface area contributed by atoms with E-state index in [0.717, 1.165) is 66.7 Å². The van der Waals surface area contributed by atoms with Gasteiger partial charge in [-0.15, -0.1) is 0 Å². The molecule has 0 unspecified atom stereocenters. The topological polar surface area (TPSA) is 50.2 Å². The molecule has 0 radical (unpaired) electrons. The normalized spacial score (nSPS) is 18.6. The third-order valence-corrected chi connectivity index (χ3v) is 8.13. The van der Waals surface area contributed by atoms with Gasteiger partial charge in [-0.2, -0.15) is 0 Å². The van der Waals surface area contributed by atoms with Crippen molar-refractivity contribution in [1.82, 2.24) is 14.7 Å². The first-order valence-corrected chi connectivity index (χ1v) is 13.7. The summed E-state index contributed by atoms with van der Waals surface area (Å²) in [6.07, 6.45) is 5.87. The minimum Gasteiger partial charge on any atom is -0.507 e. The fourth-order valence-electron chi connectivity index (χ4n) is 5.14. The molecular formula is C26H34BrCl2N3O2. The summed E-state index contributed by atoms with van der Waals surface area (Å²) in [5.41, 5.74) is 2.57. The van der Waals surface area contributed by atoms with Crippen LogP contribution in [0.25, 0.3) is 0 Å². The van der Waals surface area contributed by atoms with Gasteiger partial charge in [-0.25, -0.2) is 0 Å². The van der Waals surface area contributed by atoms with Crippen molar-refractivity contribution in [2.45, 2.75) is 57.8 Å². The van der Waals surface area contributed by atoms with E-state index in [4.69, 9.17) is 23.2 Å². The molecule has 0 spiro atoms. The summed E-state index contributed by atoms with van der Waals surface area (Å²) in [6, 6.07) is 7.79. The van der Waals surface area contributed by atoms with Crippen LogP contribution < -0.4 is 0 Å². The summed E-state index contributed by atoms with van der Waals surface area (Å²) in [5.74, 6) is 0.456. The van der Waals surface area contributed by atoms with Crippen LogP contribution in [0.2, 0.25) is 10.0 Å². The summed E-state index contributed by atoms with van der Waals surface area (Å²) in [5, 5.41) is 22.7. The SMILES string of the molecule is CN1CCN(Cc2cc(Br)cc(CN(Cc3cc(Cl)cc(Cl)c3O)C3CCCCC3)c2O)CC1. The highest BCUT2D eigenvalue weighted by Gasteiger charge is 2.25. The lowest BCUT2D eigenvalue weighted by Crippen LogP contribution is -2.43. The third kappa shape index (κ3) is 6.59. The van der Waals surface area contributed by atoms with Crippen LogP contribution in [0, 0.1) is 0 Å². The Morgan fingerprint density at radius 2 is 1.50 bits per heavy atom. The summed E-state index contributed by atoms with van der Waals surface area (Å²) in [6.45, 7) is 5.94. The van der Waals surface area contributed by atoms with Crippen LogP contribution in [0.3, 0.4) is 0 Å². The van der Waals surface area contributed by atoms with Crippen molar-refractivity contribution in [1.29, 1.82) is 0 Å². The van der Waals surface area contributed by atoms with Crippen molar-refractivity contribution in [2.75, 3.05) is 33.2 Å². The second-order valence-electron chi connectivity index (χ2n) is 9.74. The zero-order valence-corrected chi connectivity index (χ0v) is 22.8. The molecule has 1 heterocycles. The Labute approximate surface area is 221 Å². The van der Waals surface area contributed by atoms with E-state index in [1.54, 1.807) is 12.1 Å². The number of rotatable bonds is 7. The van der Waals surface area contributed by atoms with E-state index < -0.39 is 0 Å².